The fourth-order valence-corrected chi connectivity index (χ4v) is 1.45. The van der Waals surface area contributed by atoms with Crippen molar-refractivity contribution in [2.24, 2.45) is 0 Å². The second kappa shape index (κ2) is 7.04. The van der Waals surface area contributed by atoms with E-state index in [1.165, 1.54) is 0 Å². The summed E-state index contributed by atoms with van der Waals surface area (Å²) in [4.78, 5) is 10.5. The van der Waals surface area contributed by atoms with Crippen molar-refractivity contribution in [2.75, 3.05) is 13.7 Å². The Bertz CT molecular complexity index is 348. The predicted molar refractivity (Wildman–Crippen MR) is 66.0 cm³/mol. The minimum atomic E-state index is -0.801. The molecule has 2 N–H and O–H groups in total. The van der Waals surface area contributed by atoms with Gasteiger partial charge in [-0.3, -0.25) is 4.79 Å². The Balaban J connectivity index is 2.37. The number of methoxy groups -OCH3 is 1. The van der Waals surface area contributed by atoms with Gasteiger partial charge in [-0.1, -0.05) is 24.3 Å². The Morgan fingerprint density at radius 1 is 1.35 bits per heavy atom. The van der Waals surface area contributed by atoms with Gasteiger partial charge in [0.05, 0.1) is 12.5 Å². The van der Waals surface area contributed by atoms with Crippen LogP contribution in [-0.4, -0.2) is 30.8 Å². The Morgan fingerprint density at radius 3 is 2.47 bits per heavy atom. The van der Waals surface area contributed by atoms with Crippen molar-refractivity contribution in [3.05, 3.63) is 35.4 Å². The quantitative estimate of drug-likeness (QED) is 0.753. The molecule has 0 saturated heterocycles. The summed E-state index contributed by atoms with van der Waals surface area (Å²) in [7, 11) is 1.69. The molecule has 1 rings (SSSR count). The molecule has 0 aromatic heterocycles. The monoisotopic (exact) mass is 237 g/mol. The summed E-state index contributed by atoms with van der Waals surface area (Å²) in [6.45, 7) is 3.57. The molecule has 0 heterocycles. The normalized spacial score (nSPS) is 12.4. The minimum Gasteiger partial charge on any atom is -0.481 e. The zero-order valence-electron chi connectivity index (χ0n) is 10.3. The van der Waals surface area contributed by atoms with E-state index in [-0.39, 0.29) is 12.5 Å². The molecule has 1 aromatic carbocycles. The molecule has 0 aliphatic rings. The van der Waals surface area contributed by atoms with Crippen molar-refractivity contribution in [1.29, 1.82) is 0 Å². The summed E-state index contributed by atoms with van der Waals surface area (Å²) >= 11 is 0. The van der Waals surface area contributed by atoms with E-state index in [9.17, 15) is 4.79 Å². The lowest BCUT2D eigenvalue weighted by atomic mass is 10.1. The molecule has 0 amide bonds. The van der Waals surface area contributed by atoms with Crippen molar-refractivity contribution in [1.82, 2.24) is 5.32 Å². The molecule has 0 aliphatic carbocycles. The van der Waals surface area contributed by atoms with Crippen LogP contribution in [0.2, 0.25) is 0 Å². The number of benzene rings is 1. The zero-order valence-corrected chi connectivity index (χ0v) is 10.3. The lowest BCUT2D eigenvalue weighted by Gasteiger charge is -2.10. The van der Waals surface area contributed by atoms with Crippen molar-refractivity contribution >= 4 is 5.97 Å². The molecular weight excluding hydrogens is 218 g/mol. The molecule has 17 heavy (non-hydrogen) atoms. The van der Waals surface area contributed by atoms with E-state index >= 15 is 0 Å². The van der Waals surface area contributed by atoms with Crippen LogP contribution in [-0.2, 0) is 22.5 Å². The van der Waals surface area contributed by atoms with Gasteiger partial charge in [-0.05, 0) is 18.1 Å². The maximum atomic E-state index is 10.5. The molecule has 0 aliphatic heterocycles. The maximum absolute atomic E-state index is 10.5. The van der Waals surface area contributed by atoms with Gasteiger partial charge in [-0.2, -0.15) is 0 Å². The van der Waals surface area contributed by atoms with Crippen LogP contribution in [0.4, 0.5) is 0 Å². The van der Waals surface area contributed by atoms with Crippen LogP contribution in [0, 0.1) is 0 Å². The van der Waals surface area contributed by atoms with Crippen molar-refractivity contribution in [3.63, 3.8) is 0 Å². The summed E-state index contributed by atoms with van der Waals surface area (Å²) in [5.74, 6) is -0.801. The third-order valence-corrected chi connectivity index (χ3v) is 2.54. The second-order valence-electron chi connectivity index (χ2n) is 4.06. The van der Waals surface area contributed by atoms with E-state index in [0.717, 1.165) is 24.2 Å². The summed E-state index contributed by atoms with van der Waals surface area (Å²) in [6.07, 6.45) is 0.273. The molecule has 0 fully saturated rings. The lowest BCUT2D eigenvalue weighted by Crippen LogP contribution is -2.25. The van der Waals surface area contributed by atoms with Crippen LogP contribution < -0.4 is 5.32 Å². The van der Waals surface area contributed by atoms with Crippen LogP contribution in [0.5, 0.6) is 0 Å². The van der Waals surface area contributed by atoms with Crippen LogP contribution in [0.1, 0.15) is 18.1 Å². The van der Waals surface area contributed by atoms with Crippen LogP contribution in [0.15, 0.2) is 24.3 Å². The van der Waals surface area contributed by atoms with Crippen molar-refractivity contribution in [3.8, 4) is 0 Å². The van der Waals surface area contributed by atoms with E-state index in [0.29, 0.717) is 0 Å². The molecule has 0 bridgehead atoms. The molecule has 94 valence electrons. The fourth-order valence-electron chi connectivity index (χ4n) is 1.45. The van der Waals surface area contributed by atoms with Crippen molar-refractivity contribution in [2.45, 2.75) is 26.0 Å². The Morgan fingerprint density at radius 2 is 1.94 bits per heavy atom. The first-order valence-corrected chi connectivity index (χ1v) is 5.65. The van der Waals surface area contributed by atoms with Gasteiger partial charge in [0.25, 0.3) is 0 Å². The highest BCUT2D eigenvalue weighted by atomic mass is 16.5. The Hall–Kier alpha value is -1.39. The first-order valence-electron chi connectivity index (χ1n) is 5.65. The van der Waals surface area contributed by atoms with Crippen LogP contribution in [0.25, 0.3) is 0 Å². The lowest BCUT2D eigenvalue weighted by molar-refractivity contribution is -0.136. The zero-order chi connectivity index (χ0) is 12.7. The molecule has 4 heteroatoms. The van der Waals surface area contributed by atoms with Gasteiger partial charge in [0, 0.05) is 20.2 Å². The van der Waals surface area contributed by atoms with E-state index in [2.05, 4.69) is 5.32 Å². The summed E-state index contributed by atoms with van der Waals surface area (Å²) < 4.78 is 5.12. The molecule has 0 radical (unpaired) electrons. The number of aliphatic carboxylic acids is 1. The summed E-state index contributed by atoms with van der Waals surface area (Å²) in [6, 6.07) is 7.60. The average molecular weight is 237 g/mol. The highest BCUT2D eigenvalue weighted by Gasteiger charge is 2.01. The first kappa shape index (κ1) is 13.7. The van der Waals surface area contributed by atoms with Gasteiger partial charge in [0.15, 0.2) is 0 Å². The molecule has 0 saturated carbocycles. The van der Waals surface area contributed by atoms with Gasteiger partial charge in [0.1, 0.15) is 0 Å². The number of rotatable bonds is 7. The third kappa shape index (κ3) is 5.47. The molecular formula is C13H19NO3. The maximum Gasteiger partial charge on any atom is 0.307 e. The molecule has 1 atom stereocenters. The first-order chi connectivity index (χ1) is 8.11. The highest BCUT2D eigenvalue weighted by molar-refractivity contribution is 5.70. The topological polar surface area (TPSA) is 58.6 Å². The van der Waals surface area contributed by atoms with E-state index in [1.807, 2.05) is 31.2 Å². The number of carboxylic acid groups (broad SMARTS) is 1. The number of nitrogens with one attached hydrogen (secondary N) is 1. The smallest absolute Gasteiger partial charge is 0.307 e. The molecule has 1 aromatic rings. The fraction of sp³-hybridized carbons (Fsp3) is 0.462. The highest BCUT2D eigenvalue weighted by Crippen LogP contribution is 2.05. The van der Waals surface area contributed by atoms with Gasteiger partial charge in [-0.15, -0.1) is 0 Å². The average Bonchev–Trinajstić information content (AvgIpc) is 2.30. The number of carbonyl (C=O) groups is 1. The van der Waals surface area contributed by atoms with Crippen LogP contribution in [0.3, 0.4) is 0 Å². The third-order valence-electron chi connectivity index (χ3n) is 2.54. The molecule has 1 unspecified atom stereocenters. The van der Waals surface area contributed by atoms with E-state index in [1.54, 1.807) is 7.11 Å². The van der Waals surface area contributed by atoms with Crippen molar-refractivity contribution < 1.29 is 14.6 Å². The summed E-state index contributed by atoms with van der Waals surface area (Å²) in [5, 5.41) is 11.9. The van der Waals surface area contributed by atoms with Gasteiger partial charge in [-0.25, -0.2) is 0 Å². The van der Waals surface area contributed by atoms with Crippen LogP contribution >= 0.6 is 0 Å². The second-order valence-corrected chi connectivity index (χ2v) is 4.06. The number of carboxylic acids is 1. The Labute approximate surface area is 102 Å². The molecule has 4 nitrogen and oxygen atoms in total. The van der Waals surface area contributed by atoms with Gasteiger partial charge < -0.3 is 15.2 Å². The van der Waals surface area contributed by atoms with E-state index < -0.39 is 5.97 Å². The minimum absolute atomic E-state index is 0.0778. The Kier molecular flexibility index (Phi) is 5.66. The van der Waals surface area contributed by atoms with Gasteiger partial charge in [0.2, 0.25) is 0 Å². The number of ether oxygens (including phenoxy) is 1. The summed E-state index contributed by atoms with van der Waals surface area (Å²) in [5.41, 5.74) is 1.97. The predicted octanol–water partition coefficient (Wildman–Crippen LogP) is 1.44. The number of hydrogen-bond donors (Lipinski definition) is 2. The standard InChI is InChI=1S/C13H19NO3/c1-10(17-2)8-14-9-12-5-3-11(4-6-12)7-13(15)16/h3-6,10,14H,7-9H2,1-2H3,(H,15,16). The number of hydrogen-bond acceptors (Lipinski definition) is 3. The SMILES string of the molecule is COC(C)CNCc1ccc(CC(=O)O)cc1. The van der Waals surface area contributed by atoms with E-state index in [4.69, 9.17) is 9.84 Å². The molecule has 0 spiro atoms. The largest absolute Gasteiger partial charge is 0.481 e. The van der Waals surface area contributed by atoms with Gasteiger partial charge >= 0.3 is 5.97 Å².